The fraction of sp³-hybridized carbons (Fsp3) is 0.235. The molecule has 7 nitrogen and oxygen atoms in total. The minimum Gasteiger partial charge on any atom is -0.491 e. The number of carbonyl (C=O) groups excluding carboxylic acids is 1. The lowest BCUT2D eigenvalue weighted by molar-refractivity contribution is 0.242. The molecule has 0 aliphatic rings. The molecule has 3 aromatic rings. The van der Waals surface area contributed by atoms with Crippen LogP contribution in [0.2, 0.25) is 0 Å². The molecule has 0 spiro atoms. The van der Waals surface area contributed by atoms with Gasteiger partial charge >= 0.3 is 6.03 Å². The normalized spacial score (nSPS) is 10.8. The predicted octanol–water partition coefficient (Wildman–Crippen LogP) is 2.93. The van der Waals surface area contributed by atoms with Gasteiger partial charge in [-0.2, -0.15) is 5.10 Å². The van der Waals surface area contributed by atoms with Crippen molar-refractivity contribution >= 4 is 17.5 Å². The monoisotopic (exact) mass is 325 g/mol. The molecule has 7 heteroatoms. The molecule has 0 aliphatic heterocycles. The Balaban J connectivity index is 1.91. The molecule has 24 heavy (non-hydrogen) atoms. The van der Waals surface area contributed by atoms with Crippen LogP contribution in [0, 0.1) is 0 Å². The fourth-order valence-electron chi connectivity index (χ4n) is 2.28. The summed E-state index contributed by atoms with van der Waals surface area (Å²) in [6, 6.07) is 11.2. The van der Waals surface area contributed by atoms with E-state index in [-0.39, 0.29) is 12.1 Å². The quantitative estimate of drug-likeness (QED) is 0.773. The summed E-state index contributed by atoms with van der Waals surface area (Å²) in [4.78, 5) is 15.7. The van der Waals surface area contributed by atoms with Gasteiger partial charge in [-0.15, -0.1) is 0 Å². The number of amides is 2. The Morgan fingerprint density at radius 2 is 2.08 bits per heavy atom. The summed E-state index contributed by atoms with van der Waals surface area (Å²) >= 11 is 0. The maximum Gasteiger partial charge on any atom is 0.320 e. The maximum absolute atomic E-state index is 11.4. The zero-order valence-electron chi connectivity index (χ0n) is 13.8. The molecule has 0 atom stereocenters. The van der Waals surface area contributed by atoms with Crippen LogP contribution in [0.4, 0.5) is 10.6 Å². The number of nitrogens with one attached hydrogen (secondary N) is 2. The summed E-state index contributed by atoms with van der Waals surface area (Å²) in [5.74, 6) is 1.24. The van der Waals surface area contributed by atoms with Crippen molar-refractivity contribution in [1.82, 2.24) is 19.9 Å². The van der Waals surface area contributed by atoms with Crippen LogP contribution in [0.3, 0.4) is 0 Å². The van der Waals surface area contributed by atoms with Crippen LogP contribution in [-0.4, -0.2) is 33.8 Å². The van der Waals surface area contributed by atoms with Crippen LogP contribution in [0.25, 0.3) is 16.9 Å². The van der Waals surface area contributed by atoms with Gasteiger partial charge in [-0.1, -0.05) is 12.1 Å². The largest absolute Gasteiger partial charge is 0.491 e. The number of hydrogen-bond donors (Lipinski definition) is 2. The van der Waals surface area contributed by atoms with Gasteiger partial charge in [0.2, 0.25) is 0 Å². The van der Waals surface area contributed by atoms with Gasteiger partial charge < -0.3 is 10.1 Å². The second-order valence-electron chi connectivity index (χ2n) is 5.55. The van der Waals surface area contributed by atoms with E-state index in [2.05, 4.69) is 20.7 Å². The summed E-state index contributed by atoms with van der Waals surface area (Å²) in [5.41, 5.74) is 2.39. The van der Waals surface area contributed by atoms with Gasteiger partial charge in [0, 0.05) is 12.6 Å². The number of benzene rings is 1. The first-order chi connectivity index (χ1) is 11.5. The van der Waals surface area contributed by atoms with E-state index < -0.39 is 0 Å². The number of fused-ring (bicyclic) bond motifs is 1. The standard InChI is InChI=1S/C17H19N5O2/c1-11(2)24-13-6-4-5-12(9-13)14-7-8-16-19-15(10-22(16)21-14)20-17(23)18-3/h4-11H,1-3H3,(H2,18,20,23). The molecule has 124 valence electrons. The minimum atomic E-state index is -0.322. The van der Waals surface area contributed by atoms with Gasteiger partial charge in [-0.25, -0.2) is 14.3 Å². The minimum absolute atomic E-state index is 0.114. The average molecular weight is 325 g/mol. The van der Waals surface area contributed by atoms with E-state index in [1.165, 1.54) is 0 Å². The van der Waals surface area contributed by atoms with E-state index in [1.54, 1.807) is 17.8 Å². The van der Waals surface area contributed by atoms with Gasteiger partial charge in [0.05, 0.1) is 18.0 Å². The molecule has 0 saturated heterocycles. The smallest absolute Gasteiger partial charge is 0.320 e. The Hall–Kier alpha value is -3.09. The van der Waals surface area contributed by atoms with E-state index in [0.717, 1.165) is 17.0 Å². The van der Waals surface area contributed by atoms with Crippen molar-refractivity contribution in [3.63, 3.8) is 0 Å². The van der Waals surface area contributed by atoms with E-state index in [0.29, 0.717) is 11.5 Å². The van der Waals surface area contributed by atoms with Crippen molar-refractivity contribution in [2.75, 3.05) is 12.4 Å². The Morgan fingerprint density at radius 3 is 2.83 bits per heavy atom. The third-order valence-corrected chi connectivity index (χ3v) is 3.29. The molecular weight excluding hydrogens is 306 g/mol. The van der Waals surface area contributed by atoms with Crippen LogP contribution in [0.1, 0.15) is 13.8 Å². The topological polar surface area (TPSA) is 80.6 Å². The number of aromatic nitrogens is 3. The second-order valence-corrected chi connectivity index (χ2v) is 5.55. The van der Waals surface area contributed by atoms with Crippen molar-refractivity contribution in [2.24, 2.45) is 0 Å². The Kier molecular flexibility index (Phi) is 4.33. The zero-order chi connectivity index (χ0) is 17.1. The number of carbonyl (C=O) groups is 1. The highest BCUT2D eigenvalue weighted by molar-refractivity contribution is 5.88. The van der Waals surface area contributed by atoms with Gasteiger partial charge in [0.25, 0.3) is 0 Å². The highest BCUT2D eigenvalue weighted by Crippen LogP contribution is 2.23. The summed E-state index contributed by atoms with van der Waals surface area (Å²) in [6.07, 6.45) is 1.78. The molecular formula is C17H19N5O2. The number of rotatable bonds is 4. The number of imidazole rings is 1. The molecule has 0 fully saturated rings. The number of anilines is 1. The molecule has 0 radical (unpaired) electrons. The van der Waals surface area contributed by atoms with E-state index in [1.807, 2.05) is 50.2 Å². The first kappa shape index (κ1) is 15.8. The Bertz CT molecular complexity index is 872. The highest BCUT2D eigenvalue weighted by atomic mass is 16.5. The predicted molar refractivity (Wildman–Crippen MR) is 92.3 cm³/mol. The molecule has 1 aromatic carbocycles. The van der Waals surface area contributed by atoms with Crippen molar-refractivity contribution < 1.29 is 9.53 Å². The maximum atomic E-state index is 11.4. The first-order valence-electron chi connectivity index (χ1n) is 7.67. The molecule has 0 bridgehead atoms. The molecule has 2 amide bonds. The Morgan fingerprint density at radius 1 is 1.25 bits per heavy atom. The molecule has 2 aromatic heterocycles. The van der Waals surface area contributed by atoms with Gasteiger partial charge in [0.15, 0.2) is 11.5 Å². The number of ether oxygens (including phenoxy) is 1. The lowest BCUT2D eigenvalue weighted by Crippen LogP contribution is -2.24. The van der Waals surface area contributed by atoms with Crippen molar-refractivity contribution in [2.45, 2.75) is 20.0 Å². The molecule has 0 saturated carbocycles. The van der Waals surface area contributed by atoms with E-state index in [9.17, 15) is 4.79 Å². The van der Waals surface area contributed by atoms with Crippen LogP contribution < -0.4 is 15.4 Å². The van der Waals surface area contributed by atoms with Gasteiger partial charge in [0.1, 0.15) is 5.75 Å². The van der Waals surface area contributed by atoms with Crippen LogP contribution in [0.5, 0.6) is 5.75 Å². The average Bonchev–Trinajstić information content (AvgIpc) is 2.95. The summed E-state index contributed by atoms with van der Waals surface area (Å²) in [7, 11) is 1.55. The number of nitrogens with zero attached hydrogens (tertiary/aromatic N) is 3. The third kappa shape index (κ3) is 3.45. The number of urea groups is 1. The Labute approximate surface area is 139 Å². The molecule has 2 heterocycles. The SMILES string of the molecule is CNC(=O)Nc1cn2nc(-c3cccc(OC(C)C)c3)ccc2n1. The van der Waals surface area contributed by atoms with Gasteiger partial charge in [-0.05, 0) is 38.1 Å². The molecule has 0 aliphatic carbocycles. The van der Waals surface area contributed by atoms with Crippen LogP contribution in [-0.2, 0) is 0 Å². The third-order valence-electron chi connectivity index (χ3n) is 3.29. The van der Waals surface area contributed by atoms with Crippen molar-refractivity contribution in [1.29, 1.82) is 0 Å². The lowest BCUT2D eigenvalue weighted by Gasteiger charge is -2.10. The fourth-order valence-corrected chi connectivity index (χ4v) is 2.28. The summed E-state index contributed by atoms with van der Waals surface area (Å²) < 4.78 is 7.36. The van der Waals surface area contributed by atoms with E-state index in [4.69, 9.17) is 4.74 Å². The van der Waals surface area contributed by atoms with E-state index >= 15 is 0 Å². The molecule has 3 rings (SSSR count). The van der Waals surface area contributed by atoms with Crippen LogP contribution in [0.15, 0.2) is 42.6 Å². The van der Waals surface area contributed by atoms with Crippen molar-refractivity contribution in [3.8, 4) is 17.0 Å². The molecule has 0 unspecified atom stereocenters. The highest BCUT2D eigenvalue weighted by Gasteiger charge is 2.08. The zero-order valence-corrected chi connectivity index (χ0v) is 13.8. The number of hydrogen-bond acceptors (Lipinski definition) is 4. The van der Waals surface area contributed by atoms with Crippen LogP contribution >= 0.6 is 0 Å². The summed E-state index contributed by atoms with van der Waals surface area (Å²) in [6.45, 7) is 3.98. The first-order valence-corrected chi connectivity index (χ1v) is 7.67. The van der Waals surface area contributed by atoms with Gasteiger partial charge in [-0.3, -0.25) is 5.32 Å². The summed E-state index contributed by atoms with van der Waals surface area (Å²) in [5, 5.41) is 9.66. The molecule has 2 N–H and O–H groups in total. The van der Waals surface area contributed by atoms with Crippen molar-refractivity contribution in [3.05, 3.63) is 42.6 Å². The lowest BCUT2D eigenvalue weighted by atomic mass is 10.1. The second kappa shape index (κ2) is 6.57.